The van der Waals surface area contributed by atoms with E-state index in [4.69, 9.17) is 0 Å². The number of H-pyrrole nitrogens is 1. The number of fused-ring (bicyclic) bond motifs is 1. The number of nitrogens with zero attached hydrogens (tertiary/aromatic N) is 1. The number of nitroso groups, excluding NO2 is 1. The highest BCUT2D eigenvalue weighted by molar-refractivity contribution is 5.88. The van der Waals surface area contributed by atoms with Gasteiger partial charge in [-0.25, -0.2) is 0 Å². The number of rotatable bonds is 2. The summed E-state index contributed by atoms with van der Waals surface area (Å²) >= 11 is 0. The van der Waals surface area contributed by atoms with Crippen LogP contribution in [0.1, 0.15) is 5.56 Å². The van der Waals surface area contributed by atoms with Gasteiger partial charge < -0.3 is 4.98 Å². The average molecular weight is 172 g/mol. The zero-order valence-electron chi connectivity index (χ0n) is 6.90. The van der Waals surface area contributed by atoms with Crippen LogP contribution >= 0.6 is 0 Å². The average Bonchev–Trinajstić information content (AvgIpc) is 2.58. The van der Waals surface area contributed by atoms with E-state index < -0.39 is 0 Å². The normalized spacial score (nSPS) is 11.1. The molecule has 0 amide bonds. The van der Waals surface area contributed by atoms with Crippen LogP contribution in [0.25, 0.3) is 17.0 Å². The lowest BCUT2D eigenvalue weighted by molar-refractivity contribution is 1.47. The Morgan fingerprint density at radius 3 is 3.00 bits per heavy atom. The lowest BCUT2D eigenvalue weighted by Crippen LogP contribution is -1.66. The summed E-state index contributed by atoms with van der Waals surface area (Å²) in [5.74, 6) is 0. The van der Waals surface area contributed by atoms with E-state index in [-0.39, 0.29) is 0 Å². The van der Waals surface area contributed by atoms with E-state index in [0.29, 0.717) is 0 Å². The lowest BCUT2D eigenvalue weighted by Gasteiger charge is -1.88. The topological polar surface area (TPSA) is 45.2 Å². The highest BCUT2D eigenvalue weighted by Gasteiger charge is 1.97. The summed E-state index contributed by atoms with van der Waals surface area (Å²) in [6.07, 6.45) is 4.79. The zero-order valence-corrected chi connectivity index (χ0v) is 6.90. The molecule has 0 spiro atoms. The molecule has 13 heavy (non-hydrogen) atoms. The molecule has 0 aliphatic rings. The molecule has 64 valence electrons. The minimum Gasteiger partial charge on any atom is -0.361 e. The molecule has 0 radical (unpaired) electrons. The third-order valence-corrected chi connectivity index (χ3v) is 1.94. The monoisotopic (exact) mass is 172 g/mol. The van der Waals surface area contributed by atoms with Crippen molar-refractivity contribution >= 4 is 17.0 Å². The highest BCUT2D eigenvalue weighted by atomic mass is 16.2. The van der Waals surface area contributed by atoms with Crippen molar-refractivity contribution in [3.63, 3.8) is 0 Å². The fourth-order valence-corrected chi connectivity index (χ4v) is 1.34. The zero-order chi connectivity index (χ0) is 9.10. The van der Waals surface area contributed by atoms with Crippen LogP contribution in [0.4, 0.5) is 0 Å². The van der Waals surface area contributed by atoms with Gasteiger partial charge in [-0.1, -0.05) is 18.2 Å². The van der Waals surface area contributed by atoms with Gasteiger partial charge in [0.25, 0.3) is 0 Å². The van der Waals surface area contributed by atoms with E-state index in [9.17, 15) is 4.91 Å². The molecule has 2 aromatic rings. The summed E-state index contributed by atoms with van der Waals surface area (Å²) in [6, 6.07) is 7.91. The molecule has 1 aromatic carbocycles. The first-order valence-electron chi connectivity index (χ1n) is 3.97. The molecular formula is C10H8N2O. The third-order valence-electron chi connectivity index (χ3n) is 1.94. The maximum atomic E-state index is 9.89. The maximum Gasteiger partial charge on any atom is 0.0721 e. The number of benzene rings is 1. The summed E-state index contributed by atoms with van der Waals surface area (Å²) in [4.78, 5) is 13.0. The Hall–Kier alpha value is -1.90. The van der Waals surface area contributed by atoms with Crippen molar-refractivity contribution in [3.8, 4) is 0 Å². The molecule has 1 heterocycles. The Kier molecular flexibility index (Phi) is 1.92. The van der Waals surface area contributed by atoms with Crippen LogP contribution in [-0.4, -0.2) is 4.98 Å². The van der Waals surface area contributed by atoms with Gasteiger partial charge in [0.2, 0.25) is 0 Å². The van der Waals surface area contributed by atoms with Crippen molar-refractivity contribution < 1.29 is 0 Å². The van der Waals surface area contributed by atoms with Crippen LogP contribution in [0.3, 0.4) is 0 Å². The molecule has 0 aliphatic heterocycles. The van der Waals surface area contributed by atoms with Crippen molar-refractivity contribution in [2.24, 2.45) is 5.18 Å². The van der Waals surface area contributed by atoms with Crippen LogP contribution in [0.15, 0.2) is 41.8 Å². The summed E-state index contributed by atoms with van der Waals surface area (Å²) in [5, 5.41) is 3.77. The molecule has 0 aliphatic carbocycles. The van der Waals surface area contributed by atoms with Gasteiger partial charge in [0.15, 0.2) is 0 Å². The molecule has 1 N–H and O–H groups in total. The quantitative estimate of drug-likeness (QED) is 0.695. The molecule has 0 atom stereocenters. The molecular weight excluding hydrogens is 164 g/mol. The van der Waals surface area contributed by atoms with Gasteiger partial charge in [0.05, 0.1) is 6.20 Å². The van der Waals surface area contributed by atoms with Gasteiger partial charge >= 0.3 is 0 Å². The Morgan fingerprint density at radius 2 is 2.15 bits per heavy atom. The fourth-order valence-electron chi connectivity index (χ4n) is 1.34. The minimum atomic E-state index is 0.982. The lowest BCUT2D eigenvalue weighted by atomic mass is 10.2. The third kappa shape index (κ3) is 1.36. The first kappa shape index (κ1) is 7.73. The van der Waals surface area contributed by atoms with Crippen molar-refractivity contribution in [2.75, 3.05) is 0 Å². The second-order valence-corrected chi connectivity index (χ2v) is 2.71. The van der Waals surface area contributed by atoms with Crippen molar-refractivity contribution in [2.45, 2.75) is 0 Å². The van der Waals surface area contributed by atoms with Gasteiger partial charge in [-0.2, -0.15) is 0 Å². The number of aromatic nitrogens is 1. The first-order valence-corrected chi connectivity index (χ1v) is 3.97. The van der Waals surface area contributed by atoms with Gasteiger partial charge in [-0.05, 0) is 17.3 Å². The Balaban J connectivity index is 2.57. The van der Waals surface area contributed by atoms with Gasteiger partial charge in [0.1, 0.15) is 0 Å². The van der Waals surface area contributed by atoms with E-state index in [1.165, 1.54) is 6.20 Å². The summed E-state index contributed by atoms with van der Waals surface area (Å²) in [5.41, 5.74) is 2.04. The fraction of sp³-hybridized carbons (Fsp3) is 0. The van der Waals surface area contributed by atoms with Crippen LogP contribution in [-0.2, 0) is 0 Å². The van der Waals surface area contributed by atoms with Gasteiger partial charge in [-0.15, -0.1) is 4.91 Å². The predicted molar refractivity (Wildman–Crippen MR) is 53.1 cm³/mol. The molecule has 0 bridgehead atoms. The van der Waals surface area contributed by atoms with Gasteiger partial charge in [0, 0.05) is 22.7 Å². The van der Waals surface area contributed by atoms with E-state index in [1.54, 1.807) is 6.08 Å². The minimum absolute atomic E-state index is 0.982. The van der Waals surface area contributed by atoms with Crippen LogP contribution in [0.5, 0.6) is 0 Å². The number of nitrogens with one attached hydrogen (secondary N) is 1. The molecule has 1 aromatic heterocycles. The highest BCUT2D eigenvalue weighted by Crippen LogP contribution is 2.18. The van der Waals surface area contributed by atoms with Crippen molar-refractivity contribution in [1.82, 2.24) is 4.98 Å². The Labute approximate surface area is 75.1 Å². The van der Waals surface area contributed by atoms with E-state index in [0.717, 1.165) is 16.5 Å². The van der Waals surface area contributed by atoms with Crippen molar-refractivity contribution in [1.29, 1.82) is 0 Å². The molecule has 0 fully saturated rings. The molecule has 0 unspecified atom stereocenters. The van der Waals surface area contributed by atoms with Crippen LogP contribution in [0.2, 0.25) is 0 Å². The number of para-hydroxylation sites is 1. The van der Waals surface area contributed by atoms with E-state index in [2.05, 4.69) is 10.2 Å². The van der Waals surface area contributed by atoms with E-state index >= 15 is 0 Å². The first-order chi connectivity index (χ1) is 6.42. The number of hydrogen-bond acceptors (Lipinski definition) is 2. The number of hydrogen-bond donors (Lipinski definition) is 1. The largest absolute Gasteiger partial charge is 0.361 e. The van der Waals surface area contributed by atoms with Crippen LogP contribution in [0, 0.1) is 4.91 Å². The molecule has 0 saturated carbocycles. The Morgan fingerprint density at radius 1 is 1.31 bits per heavy atom. The molecule has 3 heteroatoms. The maximum absolute atomic E-state index is 9.89. The second-order valence-electron chi connectivity index (χ2n) is 2.71. The summed E-state index contributed by atoms with van der Waals surface area (Å²) in [6.45, 7) is 0. The molecule has 2 rings (SSSR count). The predicted octanol–water partition coefficient (Wildman–Crippen LogP) is 2.91. The smallest absolute Gasteiger partial charge is 0.0721 e. The van der Waals surface area contributed by atoms with Gasteiger partial charge in [-0.3, -0.25) is 0 Å². The summed E-state index contributed by atoms with van der Waals surface area (Å²) in [7, 11) is 0. The number of aromatic amines is 1. The van der Waals surface area contributed by atoms with E-state index in [1.807, 2.05) is 30.5 Å². The van der Waals surface area contributed by atoms with Crippen molar-refractivity contribution in [3.05, 3.63) is 47.1 Å². The SMILES string of the molecule is O=N/C=C/c1c[nH]c2ccccc12. The molecule has 0 saturated heterocycles. The second kappa shape index (κ2) is 3.23. The Bertz CT molecular complexity index is 457. The standard InChI is InChI=1S/C10H8N2O/c13-12-6-5-8-7-11-10-4-2-1-3-9(8)10/h1-7,11H/b6-5+. The van der Waals surface area contributed by atoms with Crippen LogP contribution < -0.4 is 0 Å². The summed E-state index contributed by atoms with van der Waals surface area (Å²) < 4.78 is 0. The molecule has 3 nitrogen and oxygen atoms in total.